The number of ether oxygens (including phenoxy) is 2. The van der Waals surface area contributed by atoms with Gasteiger partial charge in [0.1, 0.15) is 16.3 Å². The lowest BCUT2D eigenvalue weighted by atomic mass is 9.55. The van der Waals surface area contributed by atoms with Crippen molar-refractivity contribution in [1.29, 1.82) is 0 Å². The van der Waals surface area contributed by atoms with Gasteiger partial charge in [0.05, 0.1) is 32.5 Å². The summed E-state index contributed by atoms with van der Waals surface area (Å²) in [4.78, 5) is 21.0. The zero-order chi connectivity index (χ0) is 25.3. The lowest BCUT2D eigenvalue weighted by Gasteiger charge is -2.49. The van der Waals surface area contributed by atoms with Crippen molar-refractivity contribution in [1.82, 2.24) is 9.55 Å². The maximum atomic E-state index is 13.9. The van der Waals surface area contributed by atoms with Crippen LogP contribution in [0.15, 0.2) is 53.6 Å². The molecule has 37 heavy (non-hydrogen) atoms. The molecular formula is C31H32N2O3S. The first-order valence-electron chi connectivity index (χ1n) is 13.3. The minimum atomic E-state index is 0.0405. The summed E-state index contributed by atoms with van der Waals surface area (Å²) in [6.45, 7) is 2.96. The Morgan fingerprint density at radius 1 is 1.08 bits per heavy atom. The highest BCUT2D eigenvalue weighted by Crippen LogP contribution is 2.62. The molecule has 4 atom stereocenters. The lowest BCUT2D eigenvalue weighted by Crippen LogP contribution is -2.43. The molecule has 0 saturated heterocycles. The van der Waals surface area contributed by atoms with E-state index in [4.69, 9.17) is 14.5 Å². The van der Waals surface area contributed by atoms with Crippen molar-refractivity contribution >= 4 is 21.6 Å². The van der Waals surface area contributed by atoms with Gasteiger partial charge in [-0.25, -0.2) is 4.98 Å². The molecule has 0 bridgehead atoms. The van der Waals surface area contributed by atoms with Gasteiger partial charge < -0.3 is 9.47 Å². The van der Waals surface area contributed by atoms with Crippen LogP contribution < -0.4 is 15.0 Å². The molecule has 6 heteroatoms. The minimum absolute atomic E-state index is 0.0405. The standard InChI is InChI=1S/C31H32N2O3S/c1-31-13-12-23-22-11-9-21(36-3)14-19(22)6-10-24(23)25(31)15-26-28(31)27-29(37-26)32-17-33(30(27)34)16-18-4-7-20(35-2)8-5-18/h4-5,7-9,11,14,17,23-25H,6,10,12-13,15-16H2,1-3H3/t23-,24-,25-,31-/m0/s1. The summed E-state index contributed by atoms with van der Waals surface area (Å²) in [7, 11) is 3.42. The summed E-state index contributed by atoms with van der Waals surface area (Å²) < 4.78 is 12.6. The van der Waals surface area contributed by atoms with Gasteiger partial charge in [0.2, 0.25) is 0 Å². The van der Waals surface area contributed by atoms with Crippen LogP contribution in [-0.2, 0) is 24.8 Å². The van der Waals surface area contributed by atoms with Crippen molar-refractivity contribution in [3.63, 3.8) is 0 Å². The van der Waals surface area contributed by atoms with E-state index in [9.17, 15) is 4.79 Å². The van der Waals surface area contributed by atoms with E-state index in [1.54, 1.807) is 36.5 Å². The zero-order valence-corrected chi connectivity index (χ0v) is 22.4. The molecule has 1 fully saturated rings. The summed E-state index contributed by atoms with van der Waals surface area (Å²) in [6, 6.07) is 14.6. The molecule has 0 amide bonds. The molecule has 2 heterocycles. The quantitative estimate of drug-likeness (QED) is 0.332. The normalized spacial score (nSPS) is 25.8. The molecule has 2 aromatic carbocycles. The number of thiophene rings is 1. The first kappa shape index (κ1) is 23.0. The number of aromatic nitrogens is 2. The Balaban J connectivity index is 1.25. The van der Waals surface area contributed by atoms with Crippen LogP contribution in [0, 0.1) is 11.8 Å². The molecule has 0 unspecified atom stereocenters. The Morgan fingerprint density at radius 3 is 2.65 bits per heavy atom. The number of benzene rings is 2. The fraction of sp³-hybridized carbons (Fsp3) is 0.419. The van der Waals surface area contributed by atoms with Crippen LogP contribution in [0.4, 0.5) is 0 Å². The molecule has 190 valence electrons. The van der Waals surface area contributed by atoms with Gasteiger partial charge in [-0.15, -0.1) is 11.3 Å². The molecule has 1 saturated carbocycles. The van der Waals surface area contributed by atoms with Crippen molar-refractivity contribution < 1.29 is 9.47 Å². The maximum absolute atomic E-state index is 13.9. The van der Waals surface area contributed by atoms with E-state index in [1.165, 1.54) is 34.4 Å². The van der Waals surface area contributed by atoms with E-state index in [0.29, 0.717) is 24.3 Å². The second kappa shape index (κ2) is 8.45. The predicted octanol–water partition coefficient (Wildman–Crippen LogP) is 6.09. The summed E-state index contributed by atoms with van der Waals surface area (Å²) in [5, 5.41) is 0.875. The molecule has 3 aliphatic carbocycles. The fourth-order valence-electron chi connectivity index (χ4n) is 7.75. The van der Waals surface area contributed by atoms with Crippen LogP contribution in [-0.4, -0.2) is 23.8 Å². The Labute approximate surface area is 221 Å². The smallest absolute Gasteiger partial charge is 0.262 e. The zero-order valence-electron chi connectivity index (χ0n) is 21.6. The van der Waals surface area contributed by atoms with E-state index in [2.05, 4.69) is 25.1 Å². The number of aryl methyl sites for hydroxylation is 1. The molecule has 5 nitrogen and oxygen atoms in total. The summed E-state index contributed by atoms with van der Waals surface area (Å²) in [5.74, 6) is 3.64. The number of hydrogen-bond donors (Lipinski definition) is 0. The van der Waals surface area contributed by atoms with Crippen molar-refractivity contribution in [2.45, 2.75) is 56.9 Å². The summed E-state index contributed by atoms with van der Waals surface area (Å²) in [5.41, 5.74) is 5.52. The molecule has 0 spiro atoms. The van der Waals surface area contributed by atoms with E-state index in [0.717, 1.165) is 46.5 Å². The average molecular weight is 513 g/mol. The molecule has 4 aromatic rings. The van der Waals surface area contributed by atoms with Crippen molar-refractivity contribution in [2.24, 2.45) is 11.8 Å². The van der Waals surface area contributed by atoms with Crippen molar-refractivity contribution in [3.05, 3.63) is 86.3 Å². The highest BCUT2D eigenvalue weighted by molar-refractivity contribution is 7.18. The monoisotopic (exact) mass is 512 g/mol. The van der Waals surface area contributed by atoms with Gasteiger partial charge in [-0.3, -0.25) is 9.36 Å². The Morgan fingerprint density at radius 2 is 1.86 bits per heavy atom. The van der Waals surface area contributed by atoms with Gasteiger partial charge in [0.15, 0.2) is 0 Å². The fourth-order valence-corrected chi connectivity index (χ4v) is 9.08. The van der Waals surface area contributed by atoms with Gasteiger partial charge in [-0.2, -0.15) is 0 Å². The second-order valence-electron chi connectivity index (χ2n) is 11.2. The first-order valence-corrected chi connectivity index (χ1v) is 14.1. The number of nitrogens with zero attached hydrogens (tertiary/aromatic N) is 2. The third-order valence-electron chi connectivity index (χ3n) is 9.56. The van der Waals surface area contributed by atoms with Crippen molar-refractivity contribution in [2.75, 3.05) is 14.2 Å². The van der Waals surface area contributed by atoms with Crippen LogP contribution in [0.2, 0.25) is 0 Å². The van der Waals surface area contributed by atoms with Crippen molar-refractivity contribution in [3.8, 4) is 11.5 Å². The molecule has 3 aliphatic rings. The number of methoxy groups -OCH3 is 2. The van der Waals surface area contributed by atoms with Crippen LogP contribution >= 0.6 is 11.3 Å². The van der Waals surface area contributed by atoms with E-state index >= 15 is 0 Å². The first-order chi connectivity index (χ1) is 18.0. The third kappa shape index (κ3) is 3.41. The molecule has 2 aromatic heterocycles. The Kier molecular flexibility index (Phi) is 5.26. The number of hydrogen-bond acceptors (Lipinski definition) is 5. The van der Waals surface area contributed by atoms with Crippen LogP contribution in [0.25, 0.3) is 10.2 Å². The number of fused-ring (bicyclic) bond motifs is 9. The SMILES string of the molecule is COc1ccc(Cn2cnc3sc4c(c3c2=O)[C@@]2(C)CC[C@H]3c5ccc(OC)cc5CC[C@@H]3[C@@H]2C4)cc1. The van der Waals surface area contributed by atoms with Crippen LogP contribution in [0.1, 0.15) is 59.2 Å². The highest BCUT2D eigenvalue weighted by Gasteiger charge is 2.54. The van der Waals surface area contributed by atoms with Gasteiger partial charge in [0.25, 0.3) is 5.56 Å². The van der Waals surface area contributed by atoms with Gasteiger partial charge >= 0.3 is 0 Å². The number of rotatable bonds is 4. The largest absolute Gasteiger partial charge is 0.497 e. The Hall–Kier alpha value is -3.12. The molecule has 0 aliphatic heterocycles. The highest BCUT2D eigenvalue weighted by atomic mass is 32.1. The maximum Gasteiger partial charge on any atom is 0.262 e. The topological polar surface area (TPSA) is 53.4 Å². The average Bonchev–Trinajstić information content (AvgIpc) is 3.44. The third-order valence-corrected chi connectivity index (χ3v) is 10.7. The second-order valence-corrected chi connectivity index (χ2v) is 12.3. The Bertz CT molecular complexity index is 1570. The van der Waals surface area contributed by atoms with E-state index in [-0.39, 0.29) is 11.0 Å². The summed E-state index contributed by atoms with van der Waals surface area (Å²) >= 11 is 1.76. The van der Waals surface area contributed by atoms with E-state index < -0.39 is 0 Å². The summed E-state index contributed by atoms with van der Waals surface area (Å²) in [6.07, 6.45) is 7.44. The lowest BCUT2D eigenvalue weighted by molar-refractivity contribution is 0.106. The molecule has 7 rings (SSSR count). The van der Waals surface area contributed by atoms with Crippen LogP contribution in [0.5, 0.6) is 11.5 Å². The van der Waals surface area contributed by atoms with Gasteiger partial charge in [0, 0.05) is 4.88 Å². The molecule has 0 N–H and O–H groups in total. The van der Waals surface area contributed by atoms with Gasteiger partial charge in [-0.05, 0) is 102 Å². The van der Waals surface area contributed by atoms with Crippen LogP contribution in [0.3, 0.4) is 0 Å². The molecule has 0 radical (unpaired) electrons. The predicted molar refractivity (Wildman–Crippen MR) is 147 cm³/mol. The van der Waals surface area contributed by atoms with Gasteiger partial charge in [-0.1, -0.05) is 25.1 Å². The minimum Gasteiger partial charge on any atom is -0.497 e. The van der Waals surface area contributed by atoms with E-state index in [1.807, 2.05) is 24.3 Å². The molecular weight excluding hydrogens is 480 g/mol.